The Morgan fingerprint density at radius 3 is 2.90 bits per heavy atom. The molecule has 2 heterocycles. The monoisotopic (exact) mass is 420 g/mol. The van der Waals surface area contributed by atoms with E-state index in [4.69, 9.17) is 4.74 Å². The lowest BCUT2D eigenvalue weighted by Crippen LogP contribution is -2.45. The van der Waals surface area contributed by atoms with Crippen molar-refractivity contribution in [2.75, 3.05) is 26.7 Å². The number of imidazole rings is 1. The quantitative estimate of drug-likeness (QED) is 0.658. The Labute approximate surface area is 171 Å². The van der Waals surface area contributed by atoms with Gasteiger partial charge in [0.1, 0.15) is 5.75 Å². The van der Waals surface area contributed by atoms with Crippen molar-refractivity contribution in [3.63, 3.8) is 0 Å². The molecule has 1 aliphatic heterocycles. The van der Waals surface area contributed by atoms with Crippen LogP contribution < -0.4 is 10.1 Å². The molecule has 3 rings (SSSR count). The van der Waals surface area contributed by atoms with Gasteiger partial charge in [-0.1, -0.05) is 0 Å². The van der Waals surface area contributed by atoms with E-state index in [1.807, 2.05) is 17.7 Å². The van der Waals surface area contributed by atoms with Crippen LogP contribution in [0.25, 0.3) is 0 Å². The van der Waals surface area contributed by atoms with Crippen LogP contribution in [0.5, 0.6) is 5.75 Å². The number of hydrogen-bond donors (Lipinski definition) is 1. The van der Waals surface area contributed by atoms with Gasteiger partial charge in [0.2, 0.25) is 15.9 Å². The van der Waals surface area contributed by atoms with Crippen molar-refractivity contribution in [2.24, 2.45) is 5.92 Å². The van der Waals surface area contributed by atoms with E-state index in [0.29, 0.717) is 31.7 Å². The Balaban J connectivity index is 1.57. The van der Waals surface area contributed by atoms with Gasteiger partial charge in [-0.3, -0.25) is 4.79 Å². The summed E-state index contributed by atoms with van der Waals surface area (Å²) in [6.07, 6.45) is 7.50. The number of sulfonamides is 1. The number of aromatic nitrogens is 2. The minimum absolute atomic E-state index is 0.0820. The zero-order valence-electron chi connectivity index (χ0n) is 16.9. The maximum absolute atomic E-state index is 13.0. The summed E-state index contributed by atoms with van der Waals surface area (Å²) in [6, 6.07) is 4.84. The van der Waals surface area contributed by atoms with E-state index in [0.717, 1.165) is 18.5 Å². The highest BCUT2D eigenvalue weighted by Gasteiger charge is 2.33. The van der Waals surface area contributed by atoms with Gasteiger partial charge in [0.05, 0.1) is 24.3 Å². The van der Waals surface area contributed by atoms with Gasteiger partial charge in [0, 0.05) is 38.6 Å². The molecule has 1 atom stereocenters. The first-order chi connectivity index (χ1) is 13.9. The normalized spacial score (nSPS) is 17.8. The lowest BCUT2D eigenvalue weighted by atomic mass is 9.99. The van der Waals surface area contributed by atoms with Gasteiger partial charge in [0.15, 0.2) is 0 Å². The van der Waals surface area contributed by atoms with Gasteiger partial charge in [-0.05, 0) is 49.9 Å². The highest BCUT2D eigenvalue weighted by Crippen LogP contribution is 2.27. The molecule has 0 saturated carbocycles. The largest absolute Gasteiger partial charge is 0.496 e. The van der Waals surface area contributed by atoms with Gasteiger partial charge in [-0.2, -0.15) is 4.31 Å². The molecule has 0 spiro atoms. The third-order valence-corrected chi connectivity index (χ3v) is 7.07. The molecule has 0 bridgehead atoms. The van der Waals surface area contributed by atoms with E-state index in [1.54, 1.807) is 37.8 Å². The molecule has 0 radical (unpaired) electrons. The molecule has 0 aliphatic carbocycles. The van der Waals surface area contributed by atoms with Crippen LogP contribution >= 0.6 is 0 Å². The molecule has 8 nitrogen and oxygen atoms in total. The van der Waals surface area contributed by atoms with Crippen molar-refractivity contribution in [2.45, 2.75) is 37.6 Å². The number of ether oxygens (including phenoxy) is 1. The smallest absolute Gasteiger partial charge is 0.243 e. The Hall–Kier alpha value is -2.39. The first-order valence-electron chi connectivity index (χ1n) is 9.80. The van der Waals surface area contributed by atoms with E-state index >= 15 is 0 Å². The van der Waals surface area contributed by atoms with Crippen molar-refractivity contribution in [1.29, 1.82) is 0 Å². The second kappa shape index (κ2) is 9.41. The van der Waals surface area contributed by atoms with E-state index in [-0.39, 0.29) is 23.3 Å². The summed E-state index contributed by atoms with van der Waals surface area (Å²) in [5, 5.41) is 2.94. The minimum atomic E-state index is -3.64. The van der Waals surface area contributed by atoms with Gasteiger partial charge in [0.25, 0.3) is 0 Å². The standard InChI is InChI=1S/C20H28N4O4S/c1-16-13-18(6-7-19(16)28-2)29(26,27)24-11-3-5-17(14-24)20(25)22-8-4-10-23-12-9-21-15-23/h6-7,9,12-13,15,17H,3-5,8,10-11,14H2,1-2H3,(H,22,25)/t17-/m1/s1. The fraction of sp³-hybridized carbons (Fsp3) is 0.500. The second-order valence-corrected chi connectivity index (χ2v) is 9.22. The number of amides is 1. The van der Waals surface area contributed by atoms with Crippen molar-refractivity contribution in [3.8, 4) is 5.75 Å². The third kappa shape index (κ3) is 5.16. The molecule has 1 aromatic heterocycles. The second-order valence-electron chi connectivity index (χ2n) is 7.28. The molecular weight excluding hydrogens is 392 g/mol. The van der Waals surface area contributed by atoms with E-state index in [1.165, 1.54) is 4.31 Å². The van der Waals surface area contributed by atoms with Crippen LogP contribution in [0, 0.1) is 12.8 Å². The molecule has 1 aromatic carbocycles. The molecule has 1 aliphatic rings. The number of hydrogen-bond acceptors (Lipinski definition) is 5. The predicted molar refractivity (Wildman–Crippen MR) is 109 cm³/mol. The van der Waals surface area contributed by atoms with Gasteiger partial charge in [-0.15, -0.1) is 0 Å². The van der Waals surface area contributed by atoms with Crippen molar-refractivity contribution in [3.05, 3.63) is 42.5 Å². The number of rotatable bonds is 8. The molecule has 1 amide bonds. The van der Waals surface area contributed by atoms with Crippen LogP contribution in [0.15, 0.2) is 41.8 Å². The maximum Gasteiger partial charge on any atom is 0.243 e. The lowest BCUT2D eigenvalue weighted by Gasteiger charge is -2.31. The Morgan fingerprint density at radius 2 is 2.21 bits per heavy atom. The Kier molecular flexibility index (Phi) is 6.92. The van der Waals surface area contributed by atoms with Gasteiger partial charge < -0.3 is 14.6 Å². The van der Waals surface area contributed by atoms with E-state index in [2.05, 4.69) is 10.3 Å². The summed E-state index contributed by atoms with van der Waals surface area (Å²) in [4.78, 5) is 16.8. The van der Waals surface area contributed by atoms with Gasteiger partial charge in [-0.25, -0.2) is 13.4 Å². The topological polar surface area (TPSA) is 93.5 Å². The Bertz CT molecular complexity index is 928. The summed E-state index contributed by atoms with van der Waals surface area (Å²) in [5.74, 6) is 0.239. The molecule has 1 fully saturated rings. The SMILES string of the molecule is COc1ccc(S(=O)(=O)N2CCC[C@@H](C(=O)NCCCn3ccnc3)C2)cc1C. The van der Waals surface area contributed by atoms with Crippen LogP contribution in [0.4, 0.5) is 0 Å². The fourth-order valence-electron chi connectivity index (χ4n) is 3.57. The zero-order chi connectivity index (χ0) is 20.9. The van der Waals surface area contributed by atoms with Gasteiger partial charge >= 0.3 is 0 Å². The summed E-state index contributed by atoms with van der Waals surface area (Å²) in [6.45, 7) is 3.78. The van der Waals surface area contributed by atoms with Crippen molar-refractivity contribution < 1.29 is 17.9 Å². The molecule has 0 unspecified atom stereocenters. The molecule has 1 N–H and O–H groups in total. The van der Waals surface area contributed by atoms with E-state index in [9.17, 15) is 13.2 Å². The molecule has 158 valence electrons. The first kappa shape index (κ1) is 21.3. The summed E-state index contributed by atoms with van der Waals surface area (Å²) >= 11 is 0. The third-order valence-electron chi connectivity index (χ3n) is 5.21. The average molecular weight is 421 g/mol. The van der Waals surface area contributed by atoms with Crippen LogP contribution in [0.1, 0.15) is 24.8 Å². The van der Waals surface area contributed by atoms with Crippen LogP contribution in [-0.4, -0.2) is 54.9 Å². The number of nitrogens with one attached hydrogen (secondary N) is 1. The first-order valence-corrected chi connectivity index (χ1v) is 11.2. The number of carbonyl (C=O) groups is 1. The molecule has 9 heteroatoms. The summed E-state index contributed by atoms with van der Waals surface area (Å²) in [5.41, 5.74) is 0.762. The van der Waals surface area contributed by atoms with Crippen LogP contribution in [-0.2, 0) is 21.4 Å². The molecule has 29 heavy (non-hydrogen) atoms. The Morgan fingerprint density at radius 1 is 1.38 bits per heavy atom. The summed E-state index contributed by atoms with van der Waals surface area (Å²) < 4.78 is 34.7. The lowest BCUT2D eigenvalue weighted by molar-refractivity contribution is -0.126. The zero-order valence-corrected chi connectivity index (χ0v) is 17.7. The fourth-order valence-corrected chi connectivity index (χ4v) is 5.18. The summed E-state index contributed by atoms with van der Waals surface area (Å²) in [7, 11) is -2.09. The highest BCUT2D eigenvalue weighted by atomic mass is 32.2. The van der Waals surface area contributed by atoms with E-state index < -0.39 is 10.0 Å². The highest BCUT2D eigenvalue weighted by molar-refractivity contribution is 7.89. The van der Waals surface area contributed by atoms with Crippen LogP contribution in [0.3, 0.4) is 0 Å². The number of methoxy groups -OCH3 is 1. The number of aryl methyl sites for hydroxylation is 2. The van der Waals surface area contributed by atoms with Crippen molar-refractivity contribution >= 4 is 15.9 Å². The predicted octanol–water partition coefficient (Wildman–Crippen LogP) is 1.81. The minimum Gasteiger partial charge on any atom is -0.496 e. The molecular formula is C20H28N4O4S. The maximum atomic E-state index is 13.0. The van der Waals surface area contributed by atoms with Crippen LogP contribution in [0.2, 0.25) is 0 Å². The molecule has 1 saturated heterocycles. The number of benzene rings is 1. The number of piperidine rings is 1. The molecule has 2 aromatic rings. The number of carbonyl (C=O) groups excluding carboxylic acids is 1. The number of nitrogens with zero attached hydrogens (tertiary/aromatic N) is 3. The average Bonchev–Trinajstić information content (AvgIpc) is 3.24. The van der Waals surface area contributed by atoms with Crippen molar-refractivity contribution in [1.82, 2.24) is 19.2 Å².